The number of benzene rings is 1. The van der Waals surface area contributed by atoms with Crippen molar-refractivity contribution in [1.29, 1.82) is 0 Å². The third-order valence-corrected chi connectivity index (χ3v) is 3.78. The molecule has 0 saturated heterocycles. The minimum atomic E-state index is -0.361. The van der Waals surface area contributed by atoms with Gasteiger partial charge in [-0.05, 0) is 59.1 Å². The minimum Gasteiger partial charge on any atom is -0.351 e. The Labute approximate surface area is 143 Å². The fraction of sp³-hybridized carbons (Fsp3) is 0.235. The smallest absolute Gasteiger partial charge is 0.274 e. The van der Waals surface area contributed by atoms with E-state index in [1.807, 2.05) is 32.0 Å². The maximum Gasteiger partial charge on any atom is 0.274 e. The summed E-state index contributed by atoms with van der Waals surface area (Å²) in [6.07, 6.45) is 0.841. The molecule has 0 radical (unpaired) electrons. The number of anilines is 1. The summed E-state index contributed by atoms with van der Waals surface area (Å²) in [5.74, 6) is -0.641. The van der Waals surface area contributed by atoms with Crippen molar-refractivity contribution in [1.82, 2.24) is 10.3 Å². The monoisotopic (exact) mass is 375 g/mol. The van der Waals surface area contributed by atoms with E-state index in [2.05, 4.69) is 31.5 Å². The maximum atomic E-state index is 12.3. The van der Waals surface area contributed by atoms with Gasteiger partial charge in [0, 0.05) is 11.0 Å². The number of carbonyl (C=O) groups is 2. The lowest BCUT2D eigenvalue weighted by atomic mass is 10.2. The van der Waals surface area contributed by atoms with Crippen LogP contribution in [0.5, 0.6) is 0 Å². The molecule has 1 aromatic carbocycles. The number of amides is 2. The molecule has 0 unspecified atom stereocenters. The Morgan fingerprint density at radius 3 is 2.48 bits per heavy atom. The van der Waals surface area contributed by atoms with E-state index in [9.17, 15) is 9.59 Å². The molecule has 0 aliphatic rings. The van der Waals surface area contributed by atoms with Crippen LogP contribution in [-0.4, -0.2) is 23.3 Å². The number of nitrogens with one attached hydrogen (secondary N) is 2. The van der Waals surface area contributed by atoms with Crippen molar-refractivity contribution in [3.8, 4) is 0 Å². The average Bonchev–Trinajstić information content (AvgIpc) is 2.55. The van der Waals surface area contributed by atoms with E-state index in [1.165, 1.54) is 0 Å². The Morgan fingerprint density at radius 1 is 1.13 bits per heavy atom. The first kappa shape index (κ1) is 17.1. The van der Waals surface area contributed by atoms with Gasteiger partial charge in [-0.1, -0.05) is 19.1 Å². The van der Waals surface area contributed by atoms with Crippen LogP contribution in [0.4, 0.5) is 5.69 Å². The van der Waals surface area contributed by atoms with E-state index in [-0.39, 0.29) is 23.2 Å². The lowest BCUT2D eigenvalue weighted by Gasteiger charge is -2.09. The molecule has 120 valence electrons. The summed E-state index contributed by atoms with van der Waals surface area (Å²) >= 11 is 3.42. The first-order valence-electron chi connectivity index (χ1n) is 7.34. The molecule has 2 amide bonds. The van der Waals surface area contributed by atoms with Crippen LogP contribution >= 0.6 is 15.9 Å². The first-order chi connectivity index (χ1) is 11.0. The molecule has 0 atom stereocenters. The van der Waals surface area contributed by atoms with Crippen molar-refractivity contribution in [2.24, 2.45) is 0 Å². The van der Waals surface area contributed by atoms with E-state index in [1.54, 1.807) is 18.2 Å². The van der Waals surface area contributed by atoms with E-state index in [0.717, 1.165) is 16.5 Å². The molecular formula is C17H18BrN3O2. The Morgan fingerprint density at radius 2 is 1.83 bits per heavy atom. The van der Waals surface area contributed by atoms with Crippen molar-refractivity contribution in [2.45, 2.75) is 20.3 Å². The summed E-state index contributed by atoms with van der Waals surface area (Å²) in [6, 6.07) is 10.4. The van der Waals surface area contributed by atoms with Gasteiger partial charge in [0.05, 0.1) is 5.69 Å². The Hall–Kier alpha value is -2.21. The number of hydrogen-bond donors (Lipinski definition) is 2. The van der Waals surface area contributed by atoms with Gasteiger partial charge in [-0.2, -0.15) is 0 Å². The van der Waals surface area contributed by atoms with E-state index in [0.29, 0.717) is 12.2 Å². The van der Waals surface area contributed by atoms with Gasteiger partial charge < -0.3 is 10.6 Å². The van der Waals surface area contributed by atoms with Crippen LogP contribution in [0.25, 0.3) is 0 Å². The second-order valence-corrected chi connectivity index (χ2v) is 5.96. The fourth-order valence-corrected chi connectivity index (χ4v) is 2.52. The van der Waals surface area contributed by atoms with Gasteiger partial charge >= 0.3 is 0 Å². The highest BCUT2D eigenvalue weighted by atomic mass is 79.9. The SMILES string of the molecule is CCCNC(=O)c1cccc(C(=O)Nc2ccc(C)cc2Br)n1. The minimum absolute atomic E-state index is 0.196. The summed E-state index contributed by atoms with van der Waals surface area (Å²) in [7, 11) is 0. The van der Waals surface area contributed by atoms with Gasteiger partial charge in [-0.3, -0.25) is 9.59 Å². The van der Waals surface area contributed by atoms with Gasteiger partial charge in [0.2, 0.25) is 0 Å². The highest BCUT2D eigenvalue weighted by molar-refractivity contribution is 9.10. The number of carbonyl (C=O) groups excluding carboxylic acids is 2. The number of pyridine rings is 1. The van der Waals surface area contributed by atoms with E-state index in [4.69, 9.17) is 0 Å². The predicted molar refractivity (Wildman–Crippen MR) is 93.7 cm³/mol. The molecule has 1 heterocycles. The zero-order valence-electron chi connectivity index (χ0n) is 13.0. The molecule has 1 aromatic heterocycles. The van der Waals surface area contributed by atoms with Crippen LogP contribution in [0.15, 0.2) is 40.9 Å². The number of halogens is 1. The second kappa shape index (κ2) is 7.87. The zero-order valence-corrected chi connectivity index (χ0v) is 14.6. The third kappa shape index (κ3) is 4.63. The number of hydrogen-bond acceptors (Lipinski definition) is 3. The standard InChI is InChI=1S/C17H18BrN3O2/c1-3-9-19-16(22)14-5-4-6-15(20-14)17(23)21-13-8-7-11(2)10-12(13)18/h4-8,10H,3,9H2,1-2H3,(H,19,22)(H,21,23). The Kier molecular flexibility index (Phi) is 5.87. The fourth-order valence-electron chi connectivity index (χ4n) is 1.92. The molecule has 5 nitrogen and oxygen atoms in total. The van der Waals surface area contributed by atoms with Crippen LogP contribution in [0.1, 0.15) is 39.9 Å². The number of nitrogens with zero attached hydrogens (tertiary/aromatic N) is 1. The van der Waals surface area contributed by atoms with Crippen molar-refractivity contribution in [3.05, 3.63) is 57.8 Å². The van der Waals surface area contributed by atoms with Gasteiger partial charge in [0.15, 0.2) is 0 Å². The first-order valence-corrected chi connectivity index (χ1v) is 8.13. The summed E-state index contributed by atoms with van der Waals surface area (Å²) in [4.78, 5) is 28.4. The van der Waals surface area contributed by atoms with Crippen LogP contribution < -0.4 is 10.6 Å². The molecule has 0 bridgehead atoms. The lowest BCUT2D eigenvalue weighted by Crippen LogP contribution is -2.26. The summed E-state index contributed by atoms with van der Waals surface area (Å²) < 4.78 is 0.794. The largest absolute Gasteiger partial charge is 0.351 e. The van der Waals surface area contributed by atoms with Crippen molar-refractivity contribution >= 4 is 33.4 Å². The summed E-state index contributed by atoms with van der Waals surface area (Å²) in [6.45, 7) is 4.51. The number of aryl methyl sites for hydroxylation is 1. The van der Waals surface area contributed by atoms with Crippen LogP contribution in [-0.2, 0) is 0 Å². The predicted octanol–water partition coefficient (Wildman–Crippen LogP) is 3.54. The second-order valence-electron chi connectivity index (χ2n) is 5.10. The Balaban J connectivity index is 2.15. The van der Waals surface area contributed by atoms with Crippen LogP contribution in [0, 0.1) is 6.92 Å². The molecule has 0 spiro atoms. The highest BCUT2D eigenvalue weighted by Gasteiger charge is 2.13. The van der Waals surface area contributed by atoms with Crippen LogP contribution in [0.2, 0.25) is 0 Å². The summed E-state index contributed by atoms with van der Waals surface area (Å²) in [5.41, 5.74) is 2.17. The highest BCUT2D eigenvalue weighted by Crippen LogP contribution is 2.23. The maximum absolute atomic E-state index is 12.3. The molecule has 2 rings (SSSR count). The van der Waals surface area contributed by atoms with Gasteiger partial charge in [0.1, 0.15) is 11.4 Å². The van der Waals surface area contributed by atoms with Crippen molar-refractivity contribution in [3.63, 3.8) is 0 Å². The number of rotatable bonds is 5. The molecular weight excluding hydrogens is 358 g/mol. The molecule has 2 aromatic rings. The van der Waals surface area contributed by atoms with E-state index >= 15 is 0 Å². The zero-order chi connectivity index (χ0) is 16.8. The molecule has 23 heavy (non-hydrogen) atoms. The van der Waals surface area contributed by atoms with Crippen LogP contribution in [0.3, 0.4) is 0 Å². The molecule has 0 aliphatic heterocycles. The molecule has 2 N–H and O–H groups in total. The third-order valence-electron chi connectivity index (χ3n) is 3.12. The van der Waals surface area contributed by atoms with Crippen molar-refractivity contribution in [2.75, 3.05) is 11.9 Å². The normalized spacial score (nSPS) is 10.2. The summed E-state index contributed by atoms with van der Waals surface area (Å²) in [5, 5.41) is 5.52. The topological polar surface area (TPSA) is 71.1 Å². The molecule has 6 heteroatoms. The lowest BCUT2D eigenvalue weighted by molar-refractivity contribution is 0.0948. The van der Waals surface area contributed by atoms with Crippen molar-refractivity contribution < 1.29 is 9.59 Å². The molecule has 0 saturated carbocycles. The number of aromatic nitrogens is 1. The van der Waals surface area contributed by atoms with Gasteiger partial charge in [0.25, 0.3) is 11.8 Å². The quantitative estimate of drug-likeness (QED) is 0.839. The average molecular weight is 376 g/mol. The Bertz CT molecular complexity index is 732. The molecule has 0 aliphatic carbocycles. The van der Waals surface area contributed by atoms with Gasteiger partial charge in [-0.25, -0.2) is 4.98 Å². The molecule has 0 fully saturated rings. The van der Waals surface area contributed by atoms with E-state index < -0.39 is 0 Å². The van der Waals surface area contributed by atoms with Gasteiger partial charge in [-0.15, -0.1) is 0 Å².